The molecule has 0 saturated heterocycles. The van der Waals surface area contributed by atoms with Crippen LogP contribution < -0.4 is 11.3 Å². The molecule has 0 aliphatic heterocycles. The first kappa shape index (κ1) is 17.5. The molecule has 1 saturated carbocycles. The van der Waals surface area contributed by atoms with E-state index in [0.717, 1.165) is 28.8 Å². The van der Waals surface area contributed by atoms with Gasteiger partial charge < -0.3 is 10.8 Å². The molecule has 1 heterocycles. The van der Waals surface area contributed by atoms with E-state index in [-0.39, 0.29) is 24.0 Å². The van der Waals surface area contributed by atoms with Crippen molar-refractivity contribution in [2.45, 2.75) is 24.7 Å². The van der Waals surface area contributed by atoms with Crippen molar-refractivity contribution in [1.29, 1.82) is 0 Å². The van der Waals surface area contributed by atoms with Crippen molar-refractivity contribution in [3.63, 3.8) is 0 Å². The van der Waals surface area contributed by atoms with Gasteiger partial charge >= 0.3 is 0 Å². The molecule has 3 N–H and O–H groups in total. The van der Waals surface area contributed by atoms with E-state index >= 15 is 0 Å². The highest BCUT2D eigenvalue weighted by Gasteiger charge is 2.41. The first-order valence-corrected chi connectivity index (χ1v) is 9.20. The largest absolute Gasteiger partial charge is 0.396 e. The summed E-state index contributed by atoms with van der Waals surface area (Å²) in [6.07, 6.45) is 1.66. The number of aliphatic hydroxyl groups is 1. The van der Waals surface area contributed by atoms with Crippen LogP contribution in [0.5, 0.6) is 0 Å². The van der Waals surface area contributed by atoms with Crippen LogP contribution in [0.1, 0.15) is 35.1 Å². The number of benzene rings is 2. The molecule has 0 unspecified atom stereocenters. The second kappa shape index (κ2) is 7.00. The van der Waals surface area contributed by atoms with Gasteiger partial charge in [-0.3, -0.25) is 9.36 Å². The van der Waals surface area contributed by atoms with Crippen LogP contribution in [0.15, 0.2) is 59.4 Å². The Balaban J connectivity index is 1.52. The number of nitrogens with two attached hydrogens (primary N) is 1. The minimum Gasteiger partial charge on any atom is -0.396 e. The van der Waals surface area contributed by atoms with E-state index in [1.807, 2.05) is 12.1 Å². The quantitative estimate of drug-likeness (QED) is 0.732. The summed E-state index contributed by atoms with van der Waals surface area (Å²) in [7, 11) is 1.63. The van der Waals surface area contributed by atoms with Gasteiger partial charge in [-0.2, -0.15) is 0 Å². The maximum absolute atomic E-state index is 11.9. The summed E-state index contributed by atoms with van der Waals surface area (Å²) >= 11 is 0. The third-order valence-corrected chi connectivity index (χ3v) is 5.36. The van der Waals surface area contributed by atoms with Crippen molar-refractivity contribution in [1.82, 2.24) is 9.55 Å². The number of aliphatic hydroxyl groups excluding tert-OH is 1. The van der Waals surface area contributed by atoms with Crippen molar-refractivity contribution in [2.24, 2.45) is 7.05 Å². The van der Waals surface area contributed by atoms with Gasteiger partial charge in [-0.1, -0.05) is 48.5 Å². The summed E-state index contributed by atoms with van der Waals surface area (Å²) < 4.78 is 1.36. The maximum Gasteiger partial charge on any atom is 0.254 e. The van der Waals surface area contributed by atoms with Crippen LogP contribution in [-0.2, 0) is 13.5 Å². The highest BCUT2D eigenvalue weighted by molar-refractivity contribution is 5.64. The molecule has 0 spiro atoms. The minimum absolute atomic E-state index is 0.110. The summed E-state index contributed by atoms with van der Waals surface area (Å²) in [5, 5.41) is 9.12. The molecule has 5 nitrogen and oxygen atoms in total. The van der Waals surface area contributed by atoms with Crippen molar-refractivity contribution in [3.8, 4) is 11.1 Å². The Hall–Kier alpha value is -2.92. The zero-order valence-corrected chi connectivity index (χ0v) is 15.3. The van der Waals surface area contributed by atoms with Crippen molar-refractivity contribution in [3.05, 3.63) is 81.8 Å². The molecule has 3 aromatic rings. The number of hydrogen-bond donors (Lipinski definition) is 2. The van der Waals surface area contributed by atoms with Crippen LogP contribution >= 0.6 is 0 Å². The smallest absolute Gasteiger partial charge is 0.254 e. The Kier molecular flexibility index (Phi) is 4.54. The normalized spacial score (nSPS) is 18.4. The van der Waals surface area contributed by atoms with E-state index in [1.54, 1.807) is 13.1 Å². The zero-order valence-electron chi connectivity index (χ0n) is 15.3. The molecule has 27 heavy (non-hydrogen) atoms. The standard InChI is InChI=1S/C22H23N3O2/c1-25-21(27)13-20(24-22(25)23)19-12-18(19)16-7-5-15(6-8-16)17-4-2-3-14(11-17)9-10-26/h2-8,11,13,18-19,26H,9-10,12H2,1H3,(H2,23,24)/t18-,19-/m0/s1. The Morgan fingerprint density at radius 2 is 1.89 bits per heavy atom. The summed E-state index contributed by atoms with van der Waals surface area (Å²) in [6.45, 7) is 0.159. The number of nitrogens with zero attached hydrogens (tertiary/aromatic N) is 2. The Morgan fingerprint density at radius 3 is 2.59 bits per heavy atom. The maximum atomic E-state index is 11.9. The van der Waals surface area contributed by atoms with E-state index in [0.29, 0.717) is 12.3 Å². The van der Waals surface area contributed by atoms with E-state index in [1.165, 1.54) is 10.1 Å². The van der Waals surface area contributed by atoms with Gasteiger partial charge in [0.25, 0.3) is 5.56 Å². The highest BCUT2D eigenvalue weighted by atomic mass is 16.2. The summed E-state index contributed by atoms with van der Waals surface area (Å²) in [6, 6.07) is 18.4. The van der Waals surface area contributed by atoms with Gasteiger partial charge in [-0.05, 0) is 41.0 Å². The number of rotatable bonds is 5. The summed E-state index contributed by atoms with van der Waals surface area (Å²) in [5.74, 6) is 0.917. The van der Waals surface area contributed by atoms with Gasteiger partial charge in [0.2, 0.25) is 5.95 Å². The lowest BCUT2D eigenvalue weighted by Crippen LogP contribution is -2.21. The number of nitrogen functional groups attached to an aromatic ring is 1. The average Bonchev–Trinajstić information content (AvgIpc) is 3.47. The molecule has 0 amide bonds. The molecule has 0 bridgehead atoms. The second-order valence-electron chi connectivity index (χ2n) is 7.18. The first-order valence-electron chi connectivity index (χ1n) is 9.20. The number of hydrogen-bond acceptors (Lipinski definition) is 4. The van der Waals surface area contributed by atoms with Crippen molar-refractivity contribution in [2.75, 3.05) is 12.3 Å². The molecule has 138 valence electrons. The molecule has 2 atom stereocenters. The fourth-order valence-electron chi connectivity index (χ4n) is 3.61. The first-order chi connectivity index (χ1) is 13.1. The van der Waals surface area contributed by atoms with Gasteiger partial charge in [0.15, 0.2) is 0 Å². The van der Waals surface area contributed by atoms with E-state index < -0.39 is 0 Å². The Bertz CT molecular complexity index is 1020. The molecular formula is C22H23N3O2. The van der Waals surface area contributed by atoms with Crippen LogP contribution in [0, 0.1) is 0 Å². The molecular weight excluding hydrogens is 338 g/mol. The predicted octanol–water partition coefficient (Wildman–Crippen LogP) is 2.84. The Labute approximate surface area is 158 Å². The van der Waals surface area contributed by atoms with E-state index in [4.69, 9.17) is 10.8 Å². The minimum atomic E-state index is -0.110. The molecule has 0 radical (unpaired) electrons. The van der Waals surface area contributed by atoms with Crippen LogP contribution in [0.3, 0.4) is 0 Å². The lowest BCUT2D eigenvalue weighted by molar-refractivity contribution is 0.299. The summed E-state index contributed by atoms with van der Waals surface area (Å²) in [5.41, 5.74) is 11.2. The van der Waals surface area contributed by atoms with Crippen molar-refractivity contribution >= 4 is 5.95 Å². The predicted molar refractivity (Wildman–Crippen MR) is 107 cm³/mol. The molecule has 1 aromatic heterocycles. The van der Waals surface area contributed by atoms with Gasteiger partial charge in [0, 0.05) is 25.6 Å². The van der Waals surface area contributed by atoms with Crippen LogP contribution in [0.4, 0.5) is 5.95 Å². The molecule has 1 aliphatic carbocycles. The molecule has 5 heteroatoms. The molecule has 1 aliphatic rings. The van der Waals surface area contributed by atoms with Gasteiger partial charge in [0.1, 0.15) is 0 Å². The number of aromatic nitrogens is 2. The lowest BCUT2D eigenvalue weighted by Gasteiger charge is -2.07. The third-order valence-electron chi connectivity index (χ3n) is 5.36. The average molecular weight is 361 g/mol. The van der Waals surface area contributed by atoms with E-state index in [2.05, 4.69) is 41.4 Å². The second-order valence-corrected chi connectivity index (χ2v) is 7.18. The third kappa shape index (κ3) is 3.51. The fourth-order valence-corrected chi connectivity index (χ4v) is 3.61. The van der Waals surface area contributed by atoms with Crippen LogP contribution in [-0.4, -0.2) is 21.3 Å². The molecule has 4 rings (SSSR count). The molecule has 2 aromatic carbocycles. The van der Waals surface area contributed by atoms with Crippen LogP contribution in [0.2, 0.25) is 0 Å². The molecule has 1 fully saturated rings. The SMILES string of the molecule is Cn1c(N)nc([C@H]2C[C@H]2c2ccc(-c3cccc(CCO)c3)cc2)cc1=O. The van der Waals surface area contributed by atoms with Gasteiger partial charge in [-0.25, -0.2) is 4.98 Å². The topological polar surface area (TPSA) is 81.1 Å². The number of anilines is 1. The van der Waals surface area contributed by atoms with Crippen LogP contribution in [0.25, 0.3) is 11.1 Å². The van der Waals surface area contributed by atoms with Gasteiger partial charge in [-0.15, -0.1) is 0 Å². The van der Waals surface area contributed by atoms with E-state index in [9.17, 15) is 4.79 Å². The Morgan fingerprint density at radius 1 is 1.11 bits per heavy atom. The fraction of sp³-hybridized carbons (Fsp3) is 0.273. The summed E-state index contributed by atoms with van der Waals surface area (Å²) in [4.78, 5) is 16.3. The monoisotopic (exact) mass is 361 g/mol. The zero-order chi connectivity index (χ0) is 19.0. The van der Waals surface area contributed by atoms with Crippen molar-refractivity contribution < 1.29 is 5.11 Å². The lowest BCUT2D eigenvalue weighted by atomic mass is 9.99. The highest BCUT2D eigenvalue weighted by Crippen LogP contribution is 2.54. The van der Waals surface area contributed by atoms with Gasteiger partial charge in [0.05, 0.1) is 5.69 Å².